The number of likely N-dealkylation sites (tertiary alicyclic amines) is 1. The minimum Gasteiger partial charge on any atom is -0.493 e. The van der Waals surface area contributed by atoms with Gasteiger partial charge < -0.3 is 20.9 Å². The predicted octanol–water partition coefficient (Wildman–Crippen LogP) is 4.41. The van der Waals surface area contributed by atoms with E-state index in [0.29, 0.717) is 23.4 Å². The smallest absolute Gasteiger partial charge is 0.192 e. The van der Waals surface area contributed by atoms with Crippen LogP contribution in [0.25, 0.3) is 10.6 Å². The Morgan fingerprint density at radius 1 is 1.09 bits per heavy atom. The Labute approximate surface area is 202 Å². The van der Waals surface area contributed by atoms with Crippen LogP contribution in [0.4, 0.5) is 11.6 Å². The molecule has 1 aromatic carbocycles. The molecule has 33 heavy (non-hydrogen) atoms. The van der Waals surface area contributed by atoms with Gasteiger partial charge in [0.15, 0.2) is 16.7 Å². The molecule has 4 rings (SSSR count). The highest BCUT2D eigenvalue weighted by Gasteiger charge is 2.19. The lowest BCUT2D eigenvalue weighted by Gasteiger charge is -2.16. The average Bonchev–Trinajstić information content (AvgIpc) is 3.42. The summed E-state index contributed by atoms with van der Waals surface area (Å²) in [5.74, 6) is 2.20. The first kappa shape index (κ1) is 23.6. The molecule has 3 heterocycles. The quantitative estimate of drug-likeness (QED) is 0.335. The number of methoxy groups -OCH3 is 1. The van der Waals surface area contributed by atoms with Crippen molar-refractivity contribution in [1.82, 2.24) is 19.9 Å². The average molecular weight is 487 g/mol. The number of hydrogen-bond acceptors (Lipinski definition) is 10. The Hall–Kier alpha value is -2.56. The number of aromatic nitrogens is 3. The second kappa shape index (κ2) is 10.6. The van der Waals surface area contributed by atoms with Crippen molar-refractivity contribution in [2.24, 2.45) is 0 Å². The number of rotatable bonds is 9. The highest BCUT2D eigenvalue weighted by molar-refractivity contribution is 7.99. The van der Waals surface area contributed by atoms with E-state index < -0.39 is 0 Å². The van der Waals surface area contributed by atoms with Crippen LogP contribution in [0.5, 0.6) is 11.5 Å². The van der Waals surface area contributed by atoms with Gasteiger partial charge in [-0.2, -0.15) is 0 Å². The maximum absolute atomic E-state index is 6.10. The van der Waals surface area contributed by atoms with Crippen LogP contribution in [-0.2, 0) is 0 Å². The number of nitrogens with zero attached hydrogens (tertiary/aromatic N) is 4. The van der Waals surface area contributed by atoms with Crippen molar-refractivity contribution in [3.05, 3.63) is 34.8 Å². The van der Waals surface area contributed by atoms with E-state index in [1.54, 1.807) is 24.5 Å². The van der Waals surface area contributed by atoms with Crippen LogP contribution in [0, 0.1) is 6.92 Å². The molecule has 10 heteroatoms. The zero-order valence-electron chi connectivity index (χ0n) is 19.2. The lowest BCUT2D eigenvalue weighted by molar-refractivity contribution is 0.230. The number of nitrogen functional groups attached to an aromatic ring is 2. The predicted molar refractivity (Wildman–Crippen MR) is 135 cm³/mol. The first-order chi connectivity index (χ1) is 15.9. The number of thiazole rings is 1. The summed E-state index contributed by atoms with van der Waals surface area (Å²) in [6, 6.07) is 7.53. The highest BCUT2D eigenvalue weighted by Crippen LogP contribution is 2.40. The van der Waals surface area contributed by atoms with Crippen LogP contribution < -0.4 is 20.9 Å². The number of benzene rings is 1. The van der Waals surface area contributed by atoms with Crippen molar-refractivity contribution in [2.75, 3.05) is 44.8 Å². The number of anilines is 2. The fourth-order valence-corrected chi connectivity index (χ4v) is 5.90. The molecule has 0 unspecified atom stereocenters. The number of aryl methyl sites for hydroxylation is 1. The molecule has 1 aliphatic rings. The monoisotopic (exact) mass is 486 g/mol. The lowest BCUT2D eigenvalue weighted by Crippen LogP contribution is -2.25. The number of thioether (sulfide) groups is 1. The molecular formula is C23H30N6O2S2. The van der Waals surface area contributed by atoms with Gasteiger partial charge in [-0.3, -0.25) is 4.90 Å². The SMILES string of the molecule is COc1ccc(-c2nc([C@@H](C)Sc3nc(N)cc(N)n3)c(C)s2)cc1OCCN1CCCC1. The van der Waals surface area contributed by atoms with Gasteiger partial charge in [-0.25, -0.2) is 15.0 Å². The van der Waals surface area contributed by atoms with E-state index in [1.165, 1.54) is 24.6 Å². The maximum atomic E-state index is 6.10. The third-order valence-electron chi connectivity index (χ3n) is 5.52. The Balaban J connectivity index is 1.49. The Morgan fingerprint density at radius 3 is 2.52 bits per heavy atom. The van der Waals surface area contributed by atoms with E-state index in [9.17, 15) is 0 Å². The summed E-state index contributed by atoms with van der Waals surface area (Å²) in [7, 11) is 1.66. The van der Waals surface area contributed by atoms with Gasteiger partial charge in [-0.15, -0.1) is 11.3 Å². The minimum absolute atomic E-state index is 0.0469. The van der Waals surface area contributed by atoms with Gasteiger partial charge in [0.1, 0.15) is 23.3 Å². The Bertz CT molecular complexity index is 1080. The van der Waals surface area contributed by atoms with Crippen LogP contribution in [-0.4, -0.2) is 53.2 Å². The van der Waals surface area contributed by atoms with Crippen LogP contribution >= 0.6 is 23.1 Å². The molecule has 8 nitrogen and oxygen atoms in total. The molecule has 0 aliphatic carbocycles. The molecule has 0 bridgehead atoms. The van der Waals surface area contributed by atoms with Gasteiger partial charge in [-0.05, 0) is 58.0 Å². The summed E-state index contributed by atoms with van der Waals surface area (Å²) in [4.78, 5) is 17.1. The van der Waals surface area contributed by atoms with Crippen molar-refractivity contribution in [3.63, 3.8) is 0 Å². The number of nitrogens with two attached hydrogens (primary N) is 2. The minimum atomic E-state index is 0.0469. The van der Waals surface area contributed by atoms with Crippen molar-refractivity contribution in [2.45, 2.75) is 37.1 Å². The van der Waals surface area contributed by atoms with Gasteiger partial charge in [0.05, 0.1) is 18.1 Å². The van der Waals surface area contributed by atoms with Gasteiger partial charge >= 0.3 is 0 Å². The van der Waals surface area contributed by atoms with Crippen LogP contribution in [0.1, 0.15) is 35.6 Å². The van der Waals surface area contributed by atoms with Crippen molar-refractivity contribution in [3.8, 4) is 22.1 Å². The largest absolute Gasteiger partial charge is 0.493 e. The second-order valence-electron chi connectivity index (χ2n) is 7.98. The summed E-state index contributed by atoms with van der Waals surface area (Å²) in [6.45, 7) is 8.05. The van der Waals surface area contributed by atoms with Gasteiger partial charge in [0.2, 0.25) is 0 Å². The van der Waals surface area contributed by atoms with E-state index in [2.05, 4.69) is 28.7 Å². The molecule has 2 aromatic heterocycles. The second-order valence-corrected chi connectivity index (χ2v) is 10.5. The molecule has 0 spiro atoms. The zero-order chi connectivity index (χ0) is 23.4. The van der Waals surface area contributed by atoms with Crippen molar-refractivity contribution in [1.29, 1.82) is 0 Å². The number of ether oxygens (including phenoxy) is 2. The maximum Gasteiger partial charge on any atom is 0.192 e. The van der Waals surface area contributed by atoms with E-state index in [1.807, 2.05) is 18.2 Å². The van der Waals surface area contributed by atoms with Crippen LogP contribution in [0.3, 0.4) is 0 Å². The molecule has 4 N–H and O–H groups in total. The van der Waals surface area contributed by atoms with E-state index in [-0.39, 0.29) is 5.25 Å². The van der Waals surface area contributed by atoms with Crippen LogP contribution in [0.2, 0.25) is 0 Å². The van der Waals surface area contributed by atoms with Gasteiger partial charge in [-0.1, -0.05) is 11.8 Å². The molecule has 0 saturated carbocycles. The molecule has 176 valence electrons. The molecule has 1 saturated heterocycles. The summed E-state index contributed by atoms with van der Waals surface area (Å²) in [5, 5.41) is 1.53. The third kappa shape index (κ3) is 5.87. The van der Waals surface area contributed by atoms with Gasteiger partial charge in [0.25, 0.3) is 0 Å². The summed E-state index contributed by atoms with van der Waals surface area (Å²) in [6.07, 6.45) is 2.55. The van der Waals surface area contributed by atoms with E-state index in [0.717, 1.165) is 52.3 Å². The number of hydrogen-bond donors (Lipinski definition) is 2. The normalized spacial score (nSPS) is 15.0. The fraction of sp³-hybridized carbons (Fsp3) is 0.435. The van der Waals surface area contributed by atoms with Crippen LogP contribution in [0.15, 0.2) is 29.4 Å². The molecule has 0 amide bonds. The molecule has 3 aromatic rings. The molecule has 1 fully saturated rings. The first-order valence-electron chi connectivity index (χ1n) is 11.0. The standard InChI is InChI=1S/C23H30N6O2S2/c1-14-21(15(2)33-23-26-19(24)13-20(25)27-23)28-22(32-14)16-6-7-17(30-3)18(12-16)31-11-10-29-8-4-5-9-29/h6-7,12-13,15H,4-5,8-11H2,1-3H3,(H4,24,25,26,27)/t15-/m1/s1. The zero-order valence-corrected chi connectivity index (χ0v) is 20.8. The van der Waals surface area contributed by atoms with Crippen molar-refractivity contribution >= 4 is 34.7 Å². The Kier molecular flexibility index (Phi) is 7.56. The van der Waals surface area contributed by atoms with E-state index >= 15 is 0 Å². The molecule has 1 atom stereocenters. The summed E-state index contributed by atoms with van der Waals surface area (Å²) >= 11 is 3.15. The summed E-state index contributed by atoms with van der Waals surface area (Å²) < 4.78 is 11.6. The topological polar surface area (TPSA) is 112 Å². The van der Waals surface area contributed by atoms with E-state index in [4.69, 9.17) is 25.9 Å². The molecule has 1 aliphatic heterocycles. The first-order valence-corrected chi connectivity index (χ1v) is 12.7. The highest BCUT2D eigenvalue weighted by atomic mass is 32.2. The molecular weight excluding hydrogens is 456 g/mol. The fourth-order valence-electron chi connectivity index (χ4n) is 3.85. The van der Waals surface area contributed by atoms with Crippen molar-refractivity contribution < 1.29 is 9.47 Å². The van der Waals surface area contributed by atoms with Gasteiger partial charge in [0, 0.05) is 23.1 Å². The lowest BCUT2D eigenvalue weighted by atomic mass is 10.2. The summed E-state index contributed by atoms with van der Waals surface area (Å²) in [5.41, 5.74) is 13.6. The third-order valence-corrected chi connectivity index (χ3v) is 7.53. The Morgan fingerprint density at radius 2 is 1.82 bits per heavy atom. The molecule has 0 radical (unpaired) electrons.